The molecule has 2 aromatic rings. The van der Waals surface area contributed by atoms with Gasteiger partial charge in [-0.05, 0) is 38.8 Å². The van der Waals surface area contributed by atoms with Crippen LogP contribution in [0.15, 0.2) is 16.5 Å². The fourth-order valence-corrected chi connectivity index (χ4v) is 4.01. The van der Waals surface area contributed by atoms with Gasteiger partial charge in [0.25, 0.3) is 5.91 Å². The van der Waals surface area contributed by atoms with E-state index in [-0.39, 0.29) is 5.91 Å². The third-order valence-electron chi connectivity index (χ3n) is 4.42. The monoisotopic (exact) mass is 348 g/mol. The highest BCUT2D eigenvalue weighted by molar-refractivity contribution is 7.17. The van der Waals surface area contributed by atoms with Crippen LogP contribution in [0.3, 0.4) is 0 Å². The molecule has 1 fully saturated rings. The molecular formula is C17H20N2O4S. The highest BCUT2D eigenvalue weighted by atomic mass is 32.1. The molecule has 1 aliphatic rings. The van der Waals surface area contributed by atoms with Gasteiger partial charge in [-0.1, -0.05) is 19.3 Å². The fraction of sp³-hybridized carbons (Fsp3) is 0.471. The summed E-state index contributed by atoms with van der Waals surface area (Å²) in [4.78, 5) is 29.2. The summed E-state index contributed by atoms with van der Waals surface area (Å²) in [5, 5.41) is 13.0. The number of carbonyl (C=O) groups is 2. The van der Waals surface area contributed by atoms with Gasteiger partial charge >= 0.3 is 5.97 Å². The lowest BCUT2D eigenvalue weighted by Gasteiger charge is -2.33. The van der Waals surface area contributed by atoms with E-state index in [0.29, 0.717) is 34.2 Å². The van der Waals surface area contributed by atoms with Crippen LogP contribution in [0.2, 0.25) is 0 Å². The lowest BCUT2D eigenvalue weighted by Crippen LogP contribution is -2.55. The molecule has 1 amide bonds. The summed E-state index contributed by atoms with van der Waals surface area (Å²) >= 11 is 1.22. The average Bonchev–Trinajstić information content (AvgIpc) is 3.14. The number of carboxylic acids is 1. The van der Waals surface area contributed by atoms with E-state index in [1.807, 2.05) is 19.1 Å². The van der Waals surface area contributed by atoms with Gasteiger partial charge in [0.05, 0.1) is 5.69 Å². The zero-order valence-electron chi connectivity index (χ0n) is 13.7. The third kappa shape index (κ3) is 3.08. The summed E-state index contributed by atoms with van der Waals surface area (Å²) in [6.45, 7) is 3.59. The first-order chi connectivity index (χ1) is 11.4. The SMILES string of the molecule is Cc1ccc(-c2nc(C)c(C(=O)NC3(C(=O)O)CCCCC3)s2)o1. The first kappa shape index (κ1) is 16.7. The molecule has 2 N–H and O–H groups in total. The number of rotatable bonds is 4. The van der Waals surface area contributed by atoms with E-state index >= 15 is 0 Å². The van der Waals surface area contributed by atoms with Crippen molar-refractivity contribution >= 4 is 23.2 Å². The van der Waals surface area contributed by atoms with Crippen molar-refractivity contribution in [2.24, 2.45) is 0 Å². The predicted octanol–water partition coefficient (Wildman–Crippen LogP) is 3.54. The third-order valence-corrected chi connectivity index (χ3v) is 5.59. The number of nitrogens with zero attached hydrogens (tertiary/aromatic N) is 1. The first-order valence-electron chi connectivity index (χ1n) is 8.01. The number of thiazole rings is 1. The number of hydrogen-bond donors (Lipinski definition) is 2. The minimum atomic E-state index is -1.16. The van der Waals surface area contributed by atoms with Crippen molar-refractivity contribution in [3.8, 4) is 10.8 Å². The van der Waals surface area contributed by atoms with Gasteiger partial charge in [-0.3, -0.25) is 4.79 Å². The first-order valence-corrected chi connectivity index (χ1v) is 8.83. The normalized spacial score (nSPS) is 16.8. The zero-order chi connectivity index (χ0) is 17.3. The van der Waals surface area contributed by atoms with Crippen LogP contribution >= 0.6 is 11.3 Å². The Morgan fingerprint density at radius 2 is 1.96 bits per heavy atom. The van der Waals surface area contributed by atoms with Gasteiger partial charge in [-0.2, -0.15) is 0 Å². The standard InChI is InChI=1S/C17H20N2O4S/c1-10-6-7-12(23-10)15-18-11(2)13(24-15)14(20)19-17(16(21)22)8-4-3-5-9-17/h6-7H,3-5,8-9H2,1-2H3,(H,19,20)(H,21,22). The molecule has 3 rings (SSSR count). The van der Waals surface area contributed by atoms with Crippen LogP contribution in [0.1, 0.15) is 53.2 Å². The lowest BCUT2D eigenvalue weighted by atomic mass is 9.81. The molecule has 24 heavy (non-hydrogen) atoms. The molecule has 0 saturated heterocycles. The van der Waals surface area contributed by atoms with Crippen molar-refractivity contribution < 1.29 is 19.1 Å². The number of amides is 1. The van der Waals surface area contributed by atoms with E-state index < -0.39 is 11.5 Å². The minimum absolute atomic E-state index is 0.371. The summed E-state index contributed by atoms with van der Waals surface area (Å²) in [5.74, 6) is 0.0598. The number of hydrogen-bond acceptors (Lipinski definition) is 5. The van der Waals surface area contributed by atoms with Gasteiger partial charge in [-0.15, -0.1) is 11.3 Å². The topological polar surface area (TPSA) is 92.4 Å². The number of nitrogens with one attached hydrogen (secondary N) is 1. The molecule has 0 bridgehead atoms. The van der Waals surface area contributed by atoms with Crippen LogP contribution in [0.5, 0.6) is 0 Å². The molecule has 0 spiro atoms. The van der Waals surface area contributed by atoms with Gasteiger partial charge in [0, 0.05) is 0 Å². The number of carbonyl (C=O) groups excluding carboxylic acids is 1. The van der Waals surface area contributed by atoms with Crippen molar-refractivity contribution in [3.05, 3.63) is 28.5 Å². The highest BCUT2D eigenvalue weighted by Crippen LogP contribution is 2.32. The van der Waals surface area contributed by atoms with Gasteiger partial charge in [0.2, 0.25) is 0 Å². The van der Waals surface area contributed by atoms with Crippen molar-refractivity contribution in [2.75, 3.05) is 0 Å². The number of aliphatic carboxylic acids is 1. The molecular weight excluding hydrogens is 328 g/mol. The van der Waals surface area contributed by atoms with E-state index in [0.717, 1.165) is 25.0 Å². The second-order valence-electron chi connectivity index (χ2n) is 6.25. The van der Waals surface area contributed by atoms with E-state index in [1.165, 1.54) is 11.3 Å². The fourth-order valence-electron chi connectivity index (χ4n) is 3.08. The molecule has 0 atom stereocenters. The van der Waals surface area contributed by atoms with Crippen LogP contribution in [-0.2, 0) is 4.79 Å². The highest BCUT2D eigenvalue weighted by Gasteiger charge is 2.41. The molecule has 1 saturated carbocycles. The molecule has 1 aliphatic carbocycles. The Labute approximate surface area is 143 Å². The van der Waals surface area contributed by atoms with Crippen molar-refractivity contribution in [1.29, 1.82) is 0 Å². The smallest absolute Gasteiger partial charge is 0.329 e. The number of aryl methyl sites for hydroxylation is 2. The lowest BCUT2D eigenvalue weighted by molar-refractivity contribution is -0.145. The van der Waals surface area contributed by atoms with Crippen LogP contribution in [0.25, 0.3) is 10.8 Å². The van der Waals surface area contributed by atoms with Crippen LogP contribution in [-0.4, -0.2) is 27.5 Å². The van der Waals surface area contributed by atoms with Gasteiger partial charge in [-0.25, -0.2) is 9.78 Å². The van der Waals surface area contributed by atoms with Crippen LogP contribution in [0.4, 0.5) is 0 Å². The zero-order valence-corrected chi connectivity index (χ0v) is 14.5. The number of furan rings is 1. The summed E-state index contributed by atoms with van der Waals surface area (Å²) < 4.78 is 5.55. The Bertz CT molecular complexity index is 771. The van der Waals surface area contributed by atoms with Gasteiger partial charge < -0.3 is 14.8 Å². The minimum Gasteiger partial charge on any atom is -0.480 e. The summed E-state index contributed by atoms with van der Waals surface area (Å²) in [6, 6.07) is 3.66. The maximum absolute atomic E-state index is 12.7. The van der Waals surface area contributed by atoms with E-state index in [2.05, 4.69) is 10.3 Å². The molecule has 0 aromatic carbocycles. The molecule has 2 heterocycles. The predicted molar refractivity (Wildman–Crippen MR) is 90.2 cm³/mol. The summed E-state index contributed by atoms with van der Waals surface area (Å²) in [5.41, 5.74) is -0.578. The Balaban J connectivity index is 1.84. The second kappa shape index (κ2) is 6.39. The van der Waals surface area contributed by atoms with Crippen LogP contribution in [0, 0.1) is 13.8 Å². The van der Waals surface area contributed by atoms with Crippen molar-refractivity contribution in [2.45, 2.75) is 51.5 Å². The second-order valence-corrected chi connectivity index (χ2v) is 7.24. The van der Waals surface area contributed by atoms with E-state index in [4.69, 9.17) is 4.42 Å². The molecule has 0 radical (unpaired) electrons. The number of carboxylic acid groups (broad SMARTS) is 1. The van der Waals surface area contributed by atoms with E-state index in [1.54, 1.807) is 6.92 Å². The van der Waals surface area contributed by atoms with Gasteiger partial charge in [0.1, 0.15) is 16.2 Å². The van der Waals surface area contributed by atoms with E-state index in [9.17, 15) is 14.7 Å². The maximum Gasteiger partial charge on any atom is 0.329 e. The van der Waals surface area contributed by atoms with Crippen LogP contribution < -0.4 is 5.32 Å². The molecule has 0 unspecified atom stereocenters. The Morgan fingerprint density at radius 1 is 1.25 bits per heavy atom. The average molecular weight is 348 g/mol. The maximum atomic E-state index is 12.7. The Kier molecular flexibility index (Phi) is 4.45. The molecule has 6 nitrogen and oxygen atoms in total. The Morgan fingerprint density at radius 3 is 2.54 bits per heavy atom. The largest absolute Gasteiger partial charge is 0.480 e. The summed E-state index contributed by atoms with van der Waals surface area (Å²) in [6.07, 6.45) is 3.56. The Hall–Kier alpha value is -2.15. The summed E-state index contributed by atoms with van der Waals surface area (Å²) in [7, 11) is 0. The number of aromatic nitrogens is 1. The molecule has 7 heteroatoms. The molecule has 128 valence electrons. The quantitative estimate of drug-likeness (QED) is 0.881. The molecule has 0 aliphatic heterocycles. The molecule has 2 aromatic heterocycles. The van der Waals surface area contributed by atoms with Crippen molar-refractivity contribution in [3.63, 3.8) is 0 Å². The van der Waals surface area contributed by atoms with Gasteiger partial charge in [0.15, 0.2) is 10.8 Å². The van der Waals surface area contributed by atoms with Crippen molar-refractivity contribution in [1.82, 2.24) is 10.3 Å².